The number of sulfonamides is 1. The van der Waals surface area contributed by atoms with Crippen molar-refractivity contribution in [2.75, 3.05) is 30.6 Å². The molecule has 3 aromatic rings. The number of fused-ring (bicyclic) bond motifs is 1. The van der Waals surface area contributed by atoms with Gasteiger partial charge in [0.25, 0.3) is 15.9 Å². The molecule has 1 fully saturated rings. The van der Waals surface area contributed by atoms with E-state index in [0.29, 0.717) is 43.3 Å². The highest BCUT2D eigenvalue weighted by molar-refractivity contribution is 7.92. The van der Waals surface area contributed by atoms with Crippen LogP contribution in [0.25, 0.3) is 0 Å². The van der Waals surface area contributed by atoms with Crippen molar-refractivity contribution in [1.29, 1.82) is 0 Å². The van der Waals surface area contributed by atoms with E-state index >= 15 is 0 Å². The SMILES string of the molecule is CCN(c1ccccc1)S(=O)(=O)c1ccc(C(=O)N2CCC[C@@H]2c2ccc3c(c2)OCCO3)cc1. The molecule has 7 nitrogen and oxygen atoms in total. The zero-order valence-corrected chi connectivity index (χ0v) is 20.4. The van der Waals surface area contributed by atoms with E-state index in [1.54, 1.807) is 31.2 Å². The fourth-order valence-corrected chi connectivity index (χ4v) is 6.25. The van der Waals surface area contributed by atoms with E-state index in [-0.39, 0.29) is 16.8 Å². The number of benzene rings is 3. The highest BCUT2D eigenvalue weighted by atomic mass is 32.2. The summed E-state index contributed by atoms with van der Waals surface area (Å²) in [6, 6.07) is 21.0. The van der Waals surface area contributed by atoms with Crippen LogP contribution in [0.15, 0.2) is 77.7 Å². The van der Waals surface area contributed by atoms with Gasteiger partial charge in [0, 0.05) is 18.7 Å². The van der Waals surface area contributed by atoms with E-state index in [9.17, 15) is 13.2 Å². The normalized spacial score (nSPS) is 17.3. The minimum atomic E-state index is -3.75. The van der Waals surface area contributed by atoms with Crippen molar-refractivity contribution in [1.82, 2.24) is 4.90 Å². The fourth-order valence-electron chi connectivity index (χ4n) is 4.77. The first kappa shape index (κ1) is 23.2. The van der Waals surface area contributed by atoms with Crippen molar-refractivity contribution in [2.45, 2.75) is 30.7 Å². The minimum absolute atomic E-state index is 0.0598. The quantitative estimate of drug-likeness (QED) is 0.501. The third kappa shape index (κ3) is 4.46. The van der Waals surface area contributed by atoms with E-state index in [0.717, 1.165) is 24.2 Å². The van der Waals surface area contributed by atoms with Gasteiger partial charge in [-0.1, -0.05) is 24.3 Å². The zero-order chi connectivity index (χ0) is 24.4. The maximum Gasteiger partial charge on any atom is 0.264 e. The molecule has 8 heteroatoms. The zero-order valence-electron chi connectivity index (χ0n) is 19.6. The van der Waals surface area contributed by atoms with Gasteiger partial charge in [0.1, 0.15) is 13.2 Å². The molecule has 2 heterocycles. The van der Waals surface area contributed by atoms with Crippen molar-refractivity contribution in [3.05, 3.63) is 83.9 Å². The van der Waals surface area contributed by atoms with Gasteiger partial charge in [-0.25, -0.2) is 8.42 Å². The van der Waals surface area contributed by atoms with Gasteiger partial charge in [-0.05, 0) is 73.9 Å². The van der Waals surface area contributed by atoms with Crippen LogP contribution in [0.5, 0.6) is 11.5 Å². The Kier molecular flexibility index (Phi) is 6.38. The summed E-state index contributed by atoms with van der Waals surface area (Å²) in [6.45, 7) is 3.80. The summed E-state index contributed by atoms with van der Waals surface area (Å²) in [6.07, 6.45) is 1.76. The van der Waals surface area contributed by atoms with Crippen LogP contribution in [0, 0.1) is 0 Å². The van der Waals surface area contributed by atoms with E-state index in [4.69, 9.17) is 9.47 Å². The van der Waals surface area contributed by atoms with Crippen molar-refractivity contribution in [3.8, 4) is 11.5 Å². The third-order valence-electron chi connectivity index (χ3n) is 6.49. The maximum absolute atomic E-state index is 13.4. The number of hydrogen-bond acceptors (Lipinski definition) is 5. The molecule has 0 aromatic heterocycles. The molecule has 182 valence electrons. The van der Waals surface area contributed by atoms with Crippen LogP contribution in [0.2, 0.25) is 0 Å². The smallest absolute Gasteiger partial charge is 0.264 e. The Morgan fingerprint density at radius 1 is 0.971 bits per heavy atom. The predicted molar refractivity (Wildman–Crippen MR) is 134 cm³/mol. The molecule has 3 aromatic carbocycles. The first-order valence-corrected chi connectivity index (χ1v) is 13.3. The van der Waals surface area contributed by atoms with Crippen LogP contribution in [0.3, 0.4) is 0 Å². The molecule has 35 heavy (non-hydrogen) atoms. The number of rotatable bonds is 6. The molecule has 2 aliphatic heterocycles. The summed E-state index contributed by atoms with van der Waals surface area (Å²) < 4.78 is 39.2. The second kappa shape index (κ2) is 9.62. The van der Waals surface area contributed by atoms with Crippen LogP contribution < -0.4 is 13.8 Å². The lowest BCUT2D eigenvalue weighted by Crippen LogP contribution is -2.31. The van der Waals surface area contributed by atoms with Gasteiger partial charge in [-0.2, -0.15) is 0 Å². The van der Waals surface area contributed by atoms with E-state index in [1.807, 2.05) is 41.3 Å². The van der Waals surface area contributed by atoms with Gasteiger partial charge < -0.3 is 14.4 Å². The van der Waals surface area contributed by atoms with Gasteiger partial charge in [0.15, 0.2) is 11.5 Å². The lowest BCUT2D eigenvalue weighted by atomic mass is 10.0. The highest BCUT2D eigenvalue weighted by Gasteiger charge is 2.32. The predicted octanol–water partition coefficient (Wildman–Crippen LogP) is 4.65. The largest absolute Gasteiger partial charge is 0.486 e. The molecule has 0 aliphatic carbocycles. The molecular formula is C27H28N2O5S. The van der Waals surface area contributed by atoms with E-state index in [2.05, 4.69) is 0 Å². The highest BCUT2D eigenvalue weighted by Crippen LogP contribution is 2.38. The number of ether oxygens (including phenoxy) is 2. The monoisotopic (exact) mass is 492 g/mol. The van der Waals surface area contributed by atoms with Crippen LogP contribution in [0.1, 0.15) is 41.7 Å². The molecule has 0 spiro atoms. The first-order valence-electron chi connectivity index (χ1n) is 11.9. The van der Waals surface area contributed by atoms with Gasteiger partial charge in [-0.3, -0.25) is 9.10 Å². The lowest BCUT2D eigenvalue weighted by Gasteiger charge is -2.27. The Hall–Kier alpha value is -3.52. The molecule has 2 aliphatic rings. The van der Waals surface area contributed by atoms with Gasteiger partial charge in [-0.15, -0.1) is 0 Å². The summed E-state index contributed by atoms with van der Waals surface area (Å²) in [5.74, 6) is 1.33. The summed E-state index contributed by atoms with van der Waals surface area (Å²) in [4.78, 5) is 15.4. The minimum Gasteiger partial charge on any atom is -0.486 e. The third-order valence-corrected chi connectivity index (χ3v) is 8.40. The first-order chi connectivity index (χ1) is 17.0. The van der Waals surface area contributed by atoms with E-state index < -0.39 is 10.0 Å². The van der Waals surface area contributed by atoms with Crippen LogP contribution in [0.4, 0.5) is 5.69 Å². The van der Waals surface area contributed by atoms with Crippen LogP contribution in [-0.2, 0) is 10.0 Å². The lowest BCUT2D eigenvalue weighted by molar-refractivity contribution is 0.0735. The molecule has 5 rings (SSSR count). The average molecular weight is 493 g/mol. The molecular weight excluding hydrogens is 464 g/mol. The second-order valence-electron chi connectivity index (χ2n) is 8.59. The molecule has 0 N–H and O–H groups in total. The summed E-state index contributed by atoms with van der Waals surface area (Å²) in [7, 11) is -3.75. The molecule has 0 radical (unpaired) electrons. The van der Waals surface area contributed by atoms with Gasteiger partial charge in [0.2, 0.25) is 0 Å². The molecule has 1 atom stereocenters. The number of anilines is 1. The summed E-state index contributed by atoms with van der Waals surface area (Å²) >= 11 is 0. The topological polar surface area (TPSA) is 76.2 Å². The standard InChI is InChI=1S/C27H28N2O5S/c1-2-29(22-7-4-3-5-8-22)35(31,32)23-13-10-20(11-14-23)27(30)28-16-6-9-24(28)21-12-15-25-26(19-21)34-18-17-33-25/h3-5,7-8,10-15,19,24H,2,6,9,16-18H2,1H3/t24-/m1/s1. The summed E-state index contributed by atoms with van der Waals surface area (Å²) in [5.41, 5.74) is 2.09. The van der Waals surface area contributed by atoms with Crippen molar-refractivity contribution in [3.63, 3.8) is 0 Å². The van der Waals surface area contributed by atoms with Crippen molar-refractivity contribution >= 4 is 21.6 Å². The number of likely N-dealkylation sites (tertiary alicyclic amines) is 1. The Morgan fingerprint density at radius 3 is 2.40 bits per heavy atom. The summed E-state index contributed by atoms with van der Waals surface area (Å²) in [5, 5.41) is 0. The second-order valence-corrected chi connectivity index (χ2v) is 10.5. The molecule has 0 bridgehead atoms. The number of para-hydroxylation sites is 1. The van der Waals surface area contributed by atoms with Crippen molar-refractivity contribution < 1.29 is 22.7 Å². The molecule has 0 saturated carbocycles. The Bertz CT molecular complexity index is 1310. The number of hydrogen-bond donors (Lipinski definition) is 0. The molecule has 0 unspecified atom stereocenters. The fraction of sp³-hybridized carbons (Fsp3) is 0.296. The van der Waals surface area contributed by atoms with Gasteiger partial charge >= 0.3 is 0 Å². The Morgan fingerprint density at radius 2 is 1.69 bits per heavy atom. The Labute approximate surface area is 205 Å². The number of carbonyl (C=O) groups is 1. The number of amides is 1. The van der Waals surface area contributed by atoms with Crippen molar-refractivity contribution in [2.24, 2.45) is 0 Å². The average Bonchev–Trinajstić information content (AvgIpc) is 3.39. The maximum atomic E-state index is 13.4. The van der Waals surface area contributed by atoms with E-state index in [1.165, 1.54) is 16.4 Å². The Balaban J connectivity index is 1.36. The van der Waals surface area contributed by atoms with Crippen LogP contribution >= 0.6 is 0 Å². The molecule has 1 saturated heterocycles. The molecule has 1 amide bonds. The number of nitrogens with zero attached hydrogens (tertiary/aromatic N) is 2. The number of carbonyl (C=O) groups excluding carboxylic acids is 1. The van der Waals surface area contributed by atoms with Gasteiger partial charge in [0.05, 0.1) is 16.6 Å². The van der Waals surface area contributed by atoms with Crippen LogP contribution in [-0.4, -0.2) is 45.5 Å².